The average molecular weight is 415 g/mol. The van der Waals surface area contributed by atoms with Gasteiger partial charge in [-0.15, -0.1) is 0 Å². The van der Waals surface area contributed by atoms with Crippen LogP contribution in [0.5, 0.6) is 0 Å². The van der Waals surface area contributed by atoms with Crippen LogP contribution in [-0.2, 0) is 11.3 Å². The Kier molecular flexibility index (Phi) is 6.27. The van der Waals surface area contributed by atoms with Crippen molar-refractivity contribution in [1.29, 1.82) is 0 Å². The number of hydrogen-bond donors (Lipinski definition) is 2. The van der Waals surface area contributed by atoms with Crippen molar-refractivity contribution in [1.82, 2.24) is 20.5 Å². The van der Waals surface area contributed by atoms with Crippen molar-refractivity contribution in [2.75, 3.05) is 37.6 Å². The number of halogens is 1. The number of nitrogens with zero attached hydrogens (tertiary/aromatic N) is 3. The molecular formula is C21H26FN5O3. The number of piperazine rings is 1. The molecule has 0 radical (unpaired) electrons. The lowest BCUT2D eigenvalue weighted by Crippen LogP contribution is -2.46. The van der Waals surface area contributed by atoms with E-state index in [-0.39, 0.29) is 17.4 Å². The van der Waals surface area contributed by atoms with E-state index in [1.807, 2.05) is 11.0 Å². The van der Waals surface area contributed by atoms with Crippen LogP contribution in [0.3, 0.4) is 0 Å². The Morgan fingerprint density at radius 2 is 2.03 bits per heavy atom. The molecule has 2 aromatic rings. The van der Waals surface area contributed by atoms with Gasteiger partial charge in [-0.1, -0.05) is 12.1 Å². The normalized spacial score (nSPS) is 20.5. The van der Waals surface area contributed by atoms with Gasteiger partial charge in [-0.2, -0.15) is 0 Å². The summed E-state index contributed by atoms with van der Waals surface area (Å²) >= 11 is 0. The van der Waals surface area contributed by atoms with E-state index >= 15 is 0 Å². The highest BCUT2D eigenvalue weighted by atomic mass is 19.1. The van der Waals surface area contributed by atoms with Gasteiger partial charge in [0, 0.05) is 32.7 Å². The molecule has 1 aromatic heterocycles. The molecule has 3 heterocycles. The Balaban J connectivity index is 1.29. The van der Waals surface area contributed by atoms with Crippen molar-refractivity contribution in [3.05, 3.63) is 47.9 Å². The van der Waals surface area contributed by atoms with E-state index in [1.54, 1.807) is 12.1 Å². The Hall–Kier alpha value is -2.94. The third-order valence-corrected chi connectivity index (χ3v) is 5.55. The zero-order valence-electron chi connectivity index (χ0n) is 16.8. The number of nitrogens with one attached hydrogen (secondary N) is 2. The number of rotatable bonds is 5. The minimum absolute atomic E-state index is 0.155. The van der Waals surface area contributed by atoms with Gasteiger partial charge in [0.25, 0.3) is 5.91 Å². The van der Waals surface area contributed by atoms with Crippen LogP contribution in [0, 0.1) is 5.82 Å². The summed E-state index contributed by atoms with van der Waals surface area (Å²) in [5.74, 6) is -0.324. The van der Waals surface area contributed by atoms with Crippen LogP contribution in [0.1, 0.15) is 35.6 Å². The van der Waals surface area contributed by atoms with Crippen LogP contribution in [0.25, 0.3) is 0 Å². The van der Waals surface area contributed by atoms with Gasteiger partial charge in [0.15, 0.2) is 5.69 Å². The van der Waals surface area contributed by atoms with E-state index in [0.29, 0.717) is 44.2 Å². The second-order valence-electron chi connectivity index (χ2n) is 7.65. The summed E-state index contributed by atoms with van der Waals surface area (Å²) in [5.41, 5.74) is 0.793. The van der Waals surface area contributed by atoms with Gasteiger partial charge in [-0.05, 0) is 31.4 Å². The molecule has 0 bridgehead atoms. The Morgan fingerprint density at radius 1 is 1.23 bits per heavy atom. The molecule has 30 heavy (non-hydrogen) atoms. The van der Waals surface area contributed by atoms with Crippen LogP contribution >= 0.6 is 0 Å². The van der Waals surface area contributed by atoms with Crippen molar-refractivity contribution in [3.8, 4) is 0 Å². The first-order valence-corrected chi connectivity index (χ1v) is 10.3. The van der Waals surface area contributed by atoms with Gasteiger partial charge in [-0.3, -0.25) is 14.5 Å². The number of carbonyl (C=O) groups is 2. The molecule has 0 saturated carbocycles. The summed E-state index contributed by atoms with van der Waals surface area (Å²) < 4.78 is 19.4. The van der Waals surface area contributed by atoms with Gasteiger partial charge in [0.1, 0.15) is 18.1 Å². The predicted octanol–water partition coefficient (Wildman–Crippen LogP) is 1.53. The fourth-order valence-corrected chi connectivity index (χ4v) is 3.84. The molecule has 1 atom stereocenters. The number of hydrogen-bond acceptors (Lipinski definition) is 6. The smallest absolute Gasteiger partial charge is 0.273 e. The number of benzene rings is 1. The van der Waals surface area contributed by atoms with E-state index in [2.05, 4.69) is 20.5 Å². The molecule has 4 rings (SSSR count). The molecule has 0 aliphatic carbocycles. The lowest BCUT2D eigenvalue weighted by atomic mass is 10.1. The molecule has 160 valence electrons. The number of carbonyl (C=O) groups excluding carboxylic acids is 2. The standard InChI is InChI=1S/C21H26FN5O3/c22-15-5-1-2-7-18(15)27-11-9-26(10-12-27)13-19-24-17(14-30-19)21(29)25-16-6-3-4-8-23-20(16)28/h1-2,5,7,14,16H,3-4,6,8-13H2,(H,23,28)(H,25,29)/t16-/m0/s1. The van der Waals surface area contributed by atoms with Crippen LogP contribution in [0.2, 0.25) is 0 Å². The topological polar surface area (TPSA) is 90.7 Å². The van der Waals surface area contributed by atoms with Crippen molar-refractivity contribution < 1.29 is 18.4 Å². The lowest BCUT2D eigenvalue weighted by molar-refractivity contribution is -0.122. The summed E-state index contributed by atoms with van der Waals surface area (Å²) in [4.78, 5) is 32.9. The zero-order chi connectivity index (χ0) is 20.9. The third kappa shape index (κ3) is 4.79. The van der Waals surface area contributed by atoms with E-state index < -0.39 is 11.9 Å². The van der Waals surface area contributed by atoms with Crippen LogP contribution in [-0.4, -0.2) is 60.5 Å². The second-order valence-corrected chi connectivity index (χ2v) is 7.65. The minimum Gasteiger partial charge on any atom is -0.447 e. The monoisotopic (exact) mass is 415 g/mol. The van der Waals surface area contributed by atoms with Gasteiger partial charge < -0.3 is 20.0 Å². The summed E-state index contributed by atoms with van der Waals surface area (Å²) in [6.45, 7) is 3.99. The molecule has 2 N–H and O–H groups in total. The van der Waals surface area contributed by atoms with Gasteiger partial charge >= 0.3 is 0 Å². The molecule has 9 heteroatoms. The van der Waals surface area contributed by atoms with Crippen molar-refractivity contribution in [3.63, 3.8) is 0 Å². The molecule has 8 nitrogen and oxygen atoms in total. The SMILES string of the molecule is O=C(N[C@H]1CCCCNC1=O)c1coc(CN2CCN(c3ccccc3F)CC2)n1. The van der Waals surface area contributed by atoms with Crippen LogP contribution < -0.4 is 15.5 Å². The quantitative estimate of drug-likeness (QED) is 0.770. The highest BCUT2D eigenvalue weighted by Gasteiger charge is 2.25. The van der Waals surface area contributed by atoms with Crippen molar-refractivity contribution in [2.45, 2.75) is 31.8 Å². The Labute approximate surface area is 174 Å². The van der Waals surface area contributed by atoms with Crippen molar-refractivity contribution >= 4 is 17.5 Å². The molecule has 2 fully saturated rings. The largest absolute Gasteiger partial charge is 0.447 e. The number of amides is 2. The number of aromatic nitrogens is 1. The predicted molar refractivity (Wildman–Crippen MR) is 109 cm³/mol. The highest BCUT2D eigenvalue weighted by molar-refractivity contribution is 5.95. The number of anilines is 1. The van der Waals surface area contributed by atoms with E-state index in [9.17, 15) is 14.0 Å². The molecule has 2 aliphatic rings. The Bertz CT molecular complexity index is 894. The molecule has 2 saturated heterocycles. The maximum absolute atomic E-state index is 14.0. The Morgan fingerprint density at radius 3 is 2.83 bits per heavy atom. The first-order chi connectivity index (χ1) is 14.6. The van der Waals surface area contributed by atoms with E-state index in [4.69, 9.17) is 4.42 Å². The van der Waals surface area contributed by atoms with E-state index in [0.717, 1.165) is 25.9 Å². The third-order valence-electron chi connectivity index (χ3n) is 5.55. The van der Waals surface area contributed by atoms with Gasteiger partial charge in [0.2, 0.25) is 11.8 Å². The fraction of sp³-hybridized carbons (Fsp3) is 0.476. The highest BCUT2D eigenvalue weighted by Crippen LogP contribution is 2.20. The summed E-state index contributed by atoms with van der Waals surface area (Å²) in [5, 5.41) is 5.54. The van der Waals surface area contributed by atoms with Gasteiger partial charge in [0.05, 0.1) is 12.2 Å². The first-order valence-electron chi connectivity index (χ1n) is 10.3. The molecule has 2 aliphatic heterocycles. The lowest BCUT2D eigenvalue weighted by Gasteiger charge is -2.35. The maximum atomic E-state index is 14.0. The molecule has 1 aromatic carbocycles. The first kappa shape index (κ1) is 20.3. The molecule has 0 unspecified atom stereocenters. The average Bonchev–Trinajstić information content (AvgIpc) is 3.13. The minimum atomic E-state index is -0.536. The maximum Gasteiger partial charge on any atom is 0.273 e. The van der Waals surface area contributed by atoms with Crippen LogP contribution in [0.4, 0.5) is 10.1 Å². The second kappa shape index (κ2) is 9.25. The summed E-state index contributed by atoms with van der Waals surface area (Å²) in [6.07, 6.45) is 3.74. The van der Waals surface area contributed by atoms with Crippen molar-refractivity contribution in [2.24, 2.45) is 0 Å². The molecule has 2 amide bonds. The fourth-order valence-electron chi connectivity index (χ4n) is 3.84. The summed E-state index contributed by atoms with van der Waals surface area (Å²) in [6, 6.07) is 6.25. The molecular weight excluding hydrogens is 389 g/mol. The summed E-state index contributed by atoms with van der Waals surface area (Å²) in [7, 11) is 0. The van der Waals surface area contributed by atoms with Crippen LogP contribution in [0.15, 0.2) is 34.9 Å². The number of para-hydroxylation sites is 1. The van der Waals surface area contributed by atoms with E-state index in [1.165, 1.54) is 12.3 Å². The number of oxazole rings is 1. The van der Waals surface area contributed by atoms with Gasteiger partial charge in [-0.25, -0.2) is 9.37 Å². The zero-order valence-corrected chi connectivity index (χ0v) is 16.8. The molecule has 0 spiro atoms.